The molecule has 1 aliphatic heterocycles. The predicted octanol–water partition coefficient (Wildman–Crippen LogP) is 2.78. The van der Waals surface area contributed by atoms with Crippen LogP contribution in [0.4, 0.5) is 14.5 Å². The SMILES string of the molecule is Cc1cc(N2C(=O)c3cc(F)c(F)cc3C2=O)ccc1O. The van der Waals surface area contributed by atoms with Crippen LogP contribution in [0.15, 0.2) is 30.3 Å². The molecule has 0 unspecified atom stereocenters. The van der Waals surface area contributed by atoms with Gasteiger partial charge in [0.15, 0.2) is 11.6 Å². The Balaban J connectivity index is 2.13. The average molecular weight is 289 g/mol. The van der Waals surface area contributed by atoms with Crippen molar-refractivity contribution in [2.75, 3.05) is 4.90 Å². The first kappa shape index (κ1) is 13.2. The molecule has 2 aromatic rings. The number of amides is 2. The van der Waals surface area contributed by atoms with Crippen LogP contribution in [-0.2, 0) is 0 Å². The molecule has 0 fully saturated rings. The third-order valence-electron chi connectivity index (χ3n) is 3.37. The van der Waals surface area contributed by atoms with Gasteiger partial charge in [-0.25, -0.2) is 13.7 Å². The second-order valence-electron chi connectivity index (χ2n) is 4.73. The topological polar surface area (TPSA) is 57.6 Å². The van der Waals surface area contributed by atoms with E-state index in [9.17, 15) is 23.5 Å². The van der Waals surface area contributed by atoms with E-state index in [1.54, 1.807) is 6.92 Å². The van der Waals surface area contributed by atoms with Crippen molar-refractivity contribution in [3.8, 4) is 5.75 Å². The zero-order valence-corrected chi connectivity index (χ0v) is 10.9. The minimum atomic E-state index is -1.18. The smallest absolute Gasteiger partial charge is 0.266 e. The molecule has 0 radical (unpaired) electrons. The zero-order chi connectivity index (χ0) is 15.3. The summed E-state index contributed by atoms with van der Waals surface area (Å²) in [6.07, 6.45) is 0. The van der Waals surface area contributed by atoms with Crippen LogP contribution in [0.5, 0.6) is 5.75 Å². The molecule has 3 rings (SSSR count). The number of phenols is 1. The van der Waals surface area contributed by atoms with Gasteiger partial charge in [-0.05, 0) is 42.8 Å². The number of benzene rings is 2. The normalized spacial score (nSPS) is 13.8. The summed E-state index contributed by atoms with van der Waals surface area (Å²) in [7, 11) is 0. The lowest BCUT2D eigenvalue weighted by molar-refractivity contribution is 0.0926. The van der Waals surface area contributed by atoms with Crippen molar-refractivity contribution in [2.45, 2.75) is 6.92 Å². The van der Waals surface area contributed by atoms with Crippen LogP contribution in [-0.4, -0.2) is 16.9 Å². The molecule has 0 bridgehead atoms. The van der Waals surface area contributed by atoms with Crippen LogP contribution >= 0.6 is 0 Å². The van der Waals surface area contributed by atoms with Gasteiger partial charge in [0.1, 0.15) is 5.75 Å². The highest BCUT2D eigenvalue weighted by Crippen LogP contribution is 2.31. The molecule has 4 nitrogen and oxygen atoms in total. The molecular formula is C15H9F2NO3. The Kier molecular flexibility index (Phi) is 2.76. The number of rotatable bonds is 1. The number of hydrogen-bond acceptors (Lipinski definition) is 3. The van der Waals surface area contributed by atoms with Crippen molar-refractivity contribution in [1.82, 2.24) is 0 Å². The lowest BCUT2D eigenvalue weighted by Gasteiger charge is -2.14. The molecule has 0 saturated carbocycles. The number of imide groups is 1. The summed E-state index contributed by atoms with van der Waals surface area (Å²) in [6.45, 7) is 1.61. The van der Waals surface area contributed by atoms with Gasteiger partial charge in [0.2, 0.25) is 0 Å². The molecule has 6 heteroatoms. The van der Waals surface area contributed by atoms with Crippen molar-refractivity contribution >= 4 is 17.5 Å². The summed E-state index contributed by atoms with van der Waals surface area (Å²) in [5.41, 5.74) is 0.355. The zero-order valence-electron chi connectivity index (χ0n) is 10.9. The van der Waals surface area contributed by atoms with Crippen LogP contribution in [0.1, 0.15) is 26.3 Å². The lowest BCUT2D eigenvalue weighted by atomic mass is 10.1. The van der Waals surface area contributed by atoms with Crippen molar-refractivity contribution in [3.63, 3.8) is 0 Å². The van der Waals surface area contributed by atoms with Crippen LogP contribution in [0.2, 0.25) is 0 Å². The molecule has 106 valence electrons. The summed E-state index contributed by atoms with van der Waals surface area (Å²) < 4.78 is 26.5. The molecule has 0 saturated heterocycles. The van der Waals surface area contributed by atoms with Crippen molar-refractivity contribution < 1.29 is 23.5 Å². The largest absolute Gasteiger partial charge is 0.508 e. The minimum absolute atomic E-state index is 0.0208. The molecule has 1 N–H and O–H groups in total. The summed E-state index contributed by atoms with van der Waals surface area (Å²) in [5.74, 6) is -3.79. The number of aryl methyl sites for hydroxylation is 1. The maximum absolute atomic E-state index is 13.2. The van der Waals surface area contributed by atoms with E-state index >= 15 is 0 Å². The molecule has 1 aliphatic rings. The monoisotopic (exact) mass is 289 g/mol. The first-order valence-electron chi connectivity index (χ1n) is 6.07. The van der Waals surface area contributed by atoms with E-state index in [0.29, 0.717) is 5.56 Å². The molecule has 2 aromatic carbocycles. The fourth-order valence-electron chi connectivity index (χ4n) is 2.25. The van der Waals surface area contributed by atoms with Gasteiger partial charge in [-0.15, -0.1) is 0 Å². The fourth-order valence-corrected chi connectivity index (χ4v) is 2.25. The third kappa shape index (κ3) is 1.87. The lowest BCUT2D eigenvalue weighted by Crippen LogP contribution is -2.29. The van der Waals surface area contributed by atoms with E-state index < -0.39 is 23.4 Å². The van der Waals surface area contributed by atoms with Crippen LogP contribution in [0, 0.1) is 18.6 Å². The predicted molar refractivity (Wildman–Crippen MR) is 70.3 cm³/mol. The van der Waals surface area contributed by atoms with Crippen molar-refractivity contribution in [3.05, 3.63) is 58.7 Å². The maximum Gasteiger partial charge on any atom is 0.266 e. The van der Waals surface area contributed by atoms with Gasteiger partial charge in [0.05, 0.1) is 16.8 Å². The fraction of sp³-hybridized carbons (Fsp3) is 0.0667. The first-order chi connectivity index (χ1) is 9.90. The van der Waals surface area contributed by atoms with E-state index in [1.165, 1.54) is 18.2 Å². The van der Waals surface area contributed by atoms with Crippen molar-refractivity contribution in [1.29, 1.82) is 0 Å². The van der Waals surface area contributed by atoms with E-state index in [4.69, 9.17) is 0 Å². The average Bonchev–Trinajstić information content (AvgIpc) is 2.66. The number of nitrogens with zero attached hydrogens (tertiary/aromatic N) is 1. The Bertz CT molecular complexity index is 761. The summed E-state index contributed by atoms with van der Waals surface area (Å²) in [6, 6.07) is 5.62. The summed E-state index contributed by atoms with van der Waals surface area (Å²) in [5, 5.41) is 9.48. The highest BCUT2D eigenvalue weighted by atomic mass is 19.2. The molecule has 0 aliphatic carbocycles. The number of anilines is 1. The Morgan fingerprint density at radius 3 is 1.95 bits per heavy atom. The number of carbonyl (C=O) groups excluding carboxylic acids is 2. The number of phenolic OH excluding ortho intramolecular Hbond substituents is 1. The van der Waals surface area contributed by atoms with Gasteiger partial charge in [0.25, 0.3) is 11.8 Å². The maximum atomic E-state index is 13.2. The second-order valence-corrected chi connectivity index (χ2v) is 4.73. The van der Waals surface area contributed by atoms with Gasteiger partial charge < -0.3 is 5.11 Å². The quantitative estimate of drug-likeness (QED) is 0.821. The Hall–Kier alpha value is -2.76. The summed E-state index contributed by atoms with van der Waals surface area (Å²) in [4.78, 5) is 25.3. The number of halogens is 2. The molecular weight excluding hydrogens is 280 g/mol. The highest BCUT2D eigenvalue weighted by Gasteiger charge is 2.38. The van der Waals surface area contributed by atoms with E-state index in [1.807, 2.05) is 0 Å². The first-order valence-corrected chi connectivity index (χ1v) is 6.07. The minimum Gasteiger partial charge on any atom is -0.508 e. The highest BCUT2D eigenvalue weighted by molar-refractivity contribution is 6.34. The van der Waals surface area contributed by atoms with Gasteiger partial charge in [-0.2, -0.15) is 0 Å². The van der Waals surface area contributed by atoms with Gasteiger partial charge in [-0.1, -0.05) is 0 Å². The second kappa shape index (κ2) is 4.37. The molecule has 1 heterocycles. The van der Waals surface area contributed by atoms with Crippen LogP contribution in [0.3, 0.4) is 0 Å². The Labute approximate surface area is 118 Å². The Morgan fingerprint density at radius 2 is 1.48 bits per heavy atom. The van der Waals surface area contributed by atoms with Crippen LogP contribution in [0.25, 0.3) is 0 Å². The van der Waals surface area contributed by atoms with E-state index in [0.717, 1.165) is 17.0 Å². The molecule has 0 spiro atoms. The molecule has 21 heavy (non-hydrogen) atoms. The Morgan fingerprint density at radius 1 is 0.952 bits per heavy atom. The van der Waals surface area contributed by atoms with Crippen LogP contribution < -0.4 is 4.90 Å². The number of fused-ring (bicyclic) bond motifs is 1. The summed E-state index contributed by atoms with van der Waals surface area (Å²) >= 11 is 0. The molecule has 0 atom stereocenters. The number of hydrogen-bond donors (Lipinski definition) is 1. The van der Waals surface area contributed by atoms with E-state index in [2.05, 4.69) is 0 Å². The molecule has 0 aromatic heterocycles. The van der Waals surface area contributed by atoms with Gasteiger partial charge in [0, 0.05) is 0 Å². The van der Waals surface area contributed by atoms with Gasteiger partial charge >= 0.3 is 0 Å². The van der Waals surface area contributed by atoms with E-state index in [-0.39, 0.29) is 22.6 Å². The standard InChI is InChI=1S/C15H9F2NO3/c1-7-4-8(2-3-13(7)19)18-14(20)9-5-11(16)12(17)6-10(9)15(18)21/h2-6,19H,1H3. The number of carbonyl (C=O) groups is 2. The molecule has 2 amide bonds. The van der Waals surface area contributed by atoms with Crippen molar-refractivity contribution in [2.24, 2.45) is 0 Å². The van der Waals surface area contributed by atoms with Gasteiger partial charge in [-0.3, -0.25) is 9.59 Å². The third-order valence-corrected chi connectivity index (χ3v) is 3.37. The number of aromatic hydroxyl groups is 1.